The van der Waals surface area contributed by atoms with Crippen LogP contribution in [0.25, 0.3) is 11.3 Å². The standard InChI is InChI=1S/C19H26N2OS/c1-5-7-8-15(6-2)18(22)21-19-20-17(12-23-19)16-10-9-13(3)11-14(16)4/h9-12,15H,5-8H2,1-4H3,(H,20,21,22). The molecule has 124 valence electrons. The number of hydrogen-bond donors (Lipinski definition) is 1. The highest BCUT2D eigenvalue weighted by Gasteiger charge is 2.17. The van der Waals surface area contributed by atoms with Crippen LogP contribution in [0, 0.1) is 19.8 Å². The fourth-order valence-corrected chi connectivity index (χ4v) is 3.45. The van der Waals surface area contributed by atoms with Gasteiger partial charge in [0.2, 0.25) is 5.91 Å². The van der Waals surface area contributed by atoms with Gasteiger partial charge in [0, 0.05) is 16.9 Å². The Hall–Kier alpha value is -1.68. The predicted molar refractivity (Wildman–Crippen MR) is 99.0 cm³/mol. The van der Waals surface area contributed by atoms with Gasteiger partial charge in [0.1, 0.15) is 0 Å². The smallest absolute Gasteiger partial charge is 0.229 e. The number of aryl methyl sites for hydroxylation is 2. The van der Waals surface area contributed by atoms with Crippen LogP contribution in [0.3, 0.4) is 0 Å². The second-order valence-corrected chi connectivity index (χ2v) is 6.95. The molecule has 1 N–H and O–H groups in total. The zero-order valence-corrected chi connectivity index (χ0v) is 15.3. The third-order valence-corrected chi connectivity index (χ3v) is 4.92. The summed E-state index contributed by atoms with van der Waals surface area (Å²) in [6.45, 7) is 8.41. The Morgan fingerprint density at radius 2 is 2.09 bits per heavy atom. The normalized spacial score (nSPS) is 12.2. The number of benzene rings is 1. The quantitative estimate of drug-likeness (QED) is 0.720. The van der Waals surface area contributed by atoms with E-state index < -0.39 is 0 Å². The van der Waals surface area contributed by atoms with E-state index in [1.807, 2.05) is 5.38 Å². The van der Waals surface area contributed by atoms with Gasteiger partial charge in [-0.05, 0) is 32.3 Å². The second kappa shape index (κ2) is 8.25. The number of rotatable bonds is 7. The van der Waals surface area contributed by atoms with E-state index in [1.165, 1.54) is 22.5 Å². The van der Waals surface area contributed by atoms with Gasteiger partial charge >= 0.3 is 0 Å². The highest BCUT2D eigenvalue weighted by atomic mass is 32.1. The molecular formula is C19H26N2OS. The summed E-state index contributed by atoms with van der Waals surface area (Å²) in [6, 6.07) is 6.35. The van der Waals surface area contributed by atoms with Gasteiger partial charge in [0.15, 0.2) is 5.13 Å². The van der Waals surface area contributed by atoms with Crippen LogP contribution < -0.4 is 5.32 Å². The van der Waals surface area contributed by atoms with E-state index in [4.69, 9.17) is 0 Å². The van der Waals surface area contributed by atoms with Crippen LogP contribution in [0.15, 0.2) is 23.6 Å². The zero-order valence-electron chi connectivity index (χ0n) is 14.5. The van der Waals surface area contributed by atoms with Gasteiger partial charge < -0.3 is 5.32 Å². The van der Waals surface area contributed by atoms with Gasteiger partial charge in [-0.3, -0.25) is 4.79 Å². The Labute approximate surface area is 143 Å². The van der Waals surface area contributed by atoms with Crippen LogP contribution in [-0.2, 0) is 4.79 Å². The maximum atomic E-state index is 12.4. The Morgan fingerprint density at radius 3 is 2.74 bits per heavy atom. The zero-order chi connectivity index (χ0) is 16.8. The summed E-state index contributed by atoms with van der Waals surface area (Å²) in [5.74, 6) is 0.186. The Bertz CT molecular complexity index is 663. The van der Waals surface area contributed by atoms with Crippen LogP contribution in [0.5, 0.6) is 0 Å². The van der Waals surface area contributed by atoms with E-state index in [9.17, 15) is 4.79 Å². The van der Waals surface area contributed by atoms with E-state index in [2.05, 4.69) is 56.2 Å². The molecule has 3 nitrogen and oxygen atoms in total. The van der Waals surface area contributed by atoms with Crippen molar-refractivity contribution in [1.29, 1.82) is 0 Å². The molecule has 1 unspecified atom stereocenters. The number of carbonyl (C=O) groups is 1. The number of thiazole rings is 1. The first kappa shape index (κ1) is 17.7. The number of nitrogens with one attached hydrogen (secondary N) is 1. The SMILES string of the molecule is CCCCC(CC)C(=O)Nc1nc(-c2ccc(C)cc2C)cs1. The molecule has 0 fully saturated rings. The Kier molecular flexibility index (Phi) is 6.34. The first-order chi connectivity index (χ1) is 11.0. The summed E-state index contributed by atoms with van der Waals surface area (Å²) in [4.78, 5) is 17.0. The van der Waals surface area contributed by atoms with Gasteiger partial charge in [-0.2, -0.15) is 0 Å². The molecule has 0 bridgehead atoms. The van der Waals surface area contributed by atoms with Crippen molar-refractivity contribution in [3.05, 3.63) is 34.7 Å². The van der Waals surface area contributed by atoms with Gasteiger partial charge in [-0.15, -0.1) is 11.3 Å². The van der Waals surface area contributed by atoms with Crippen molar-refractivity contribution in [2.24, 2.45) is 5.92 Å². The number of nitrogens with zero attached hydrogens (tertiary/aromatic N) is 1. The summed E-state index contributed by atoms with van der Waals surface area (Å²) in [7, 11) is 0. The monoisotopic (exact) mass is 330 g/mol. The maximum Gasteiger partial charge on any atom is 0.229 e. The molecular weight excluding hydrogens is 304 g/mol. The summed E-state index contributed by atoms with van der Waals surface area (Å²) < 4.78 is 0. The van der Waals surface area contributed by atoms with Crippen molar-refractivity contribution < 1.29 is 4.79 Å². The first-order valence-corrected chi connectivity index (χ1v) is 9.27. The molecule has 1 amide bonds. The van der Waals surface area contributed by atoms with Gasteiger partial charge in [0.25, 0.3) is 0 Å². The van der Waals surface area contributed by atoms with E-state index >= 15 is 0 Å². The minimum Gasteiger partial charge on any atom is -0.302 e. The summed E-state index contributed by atoms with van der Waals surface area (Å²) in [5, 5.41) is 5.70. The molecule has 2 aromatic rings. The molecule has 2 rings (SSSR count). The van der Waals surface area contributed by atoms with E-state index in [-0.39, 0.29) is 11.8 Å². The molecule has 1 atom stereocenters. The summed E-state index contributed by atoms with van der Waals surface area (Å²) >= 11 is 1.49. The molecule has 0 aliphatic carbocycles. The molecule has 0 spiro atoms. The number of hydrogen-bond acceptors (Lipinski definition) is 3. The first-order valence-electron chi connectivity index (χ1n) is 8.39. The highest BCUT2D eigenvalue weighted by Crippen LogP contribution is 2.28. The molecule has 23 heavy (non-hydrogen) atoms. The number of anilines is 1. The molecule has 0 aliphatic rings. The van der Waals surface area contributed by atoms with Crippen molar-refractivity contribution >= 4 is 22.4 Å². The fraction of sp³-hybridized carbons (Fsp3) is 0.474. The van der Waals surface area contributed by atoms with Crippen LogP contribution in [-0.4, -0.2) is 10.9 Å². The third-order valence-electron chi connectivity index (χ3n) is 4.16. The van der Waals surface area contributed by atoms with E-state index in [1.54, 1.807) is 0 Å². The summed E-state index contributed by atoms with van der Waals surface area (Å²) in [5.41, 5.74) is 4.52. The lowest BCUT2D eigenvalue weighted by molar-refractivity contribution is -0.120. The highest BCUT2D eigenvalue weighted by molar-refractivity contribution is 7.14. The van der Waals surface area contributed by atoms with Crippen LogP contribution in [0.4, 0.5) is 5.13 Å². The molecule has 0 aliphatic heterocycles. The lowest BCUT2D eigenvalue weighted by Crippen LogP contribution is -2.22. The lowest BCUT2D eigenvalue weighted by Gasteiger charge is -2.12. The Morgan fingerprint density at radius 1 is 1.30 bits per heavy atom. The van der Waals surface area contributed by atoms with Crippen LogP contribution in [0.1, 0.15) is 50.7 Å². The largest absolute Gasteiger partial charge is 0.302 e. The molecule has 4 heteroatoms. The minimum absolute atomic E-state index is 0.0865. The average Bonchev–Trinajstić information content (AvgIpc) is 2.96. The predicted octanol–water partition coefficient (Wildman–Crippen LogP) is 5.58. The Balaban J connectivity index is 2.08. The van der Waals surface area contributed by atoms with Gasteiger partial charge in [-0.25, -0.2) is 4.98 Å². The summed E-state index contributed by atoms with van der Waals surface area (Å²) in [6.07, 6.45) is 4.05. The van der Waals surface area contributed by atoms with Gasteiger partial charge in [-0.1, -0.05) is 50.5 Å². The van der Waals surface area contributed by atoms with Gasteiger partial charge in [0.05, 0.1) is 5.69 Å². The van der Waals surface area contributed by atoms with Crippen molar-refractivity contribution in [3.63, 3.8) is 0 Å². The maximum absolute atomic E-state index is 12.4. The van der Waals surface area contributed by atoms with Crippen molar-refractivity contribution in [1.82, 2.24) is 4.98 Å². The van der Waals surface area contributed by atoms with E-state index in [0.717, 1.165) is 36.9 Å². The number of carbonyl (C=O) groups excluding carboxylic acids is 1. The van der Waals surface area contributed by atoms with Crippen LogP contribution in [0.2, 0.25) is 0 Å². The molecule has 1 heterocycles. The van der Waals surface area contributed by atoms with E-state index in [0.29, 0.717) is 5.13 Å². The minimum atomic E-state index is 0.0865. The third kappa shape index (κ3) is 4.64. The van der Waals surface area contributed by atoms with Crippen LogP contribution >= 0.6 is 11.3 Å². The van der Waals surface area contributed by atoms with Crippen molar-refractivity contribution in [3.8, 4) is 11.3 Å². The molecule has 1 aromatic heterocycles. The lowest BCUT2D eigenvalue weighted by atomic mass is 9.99. The molecule has 0 radical (unpaired) electrons. The number of aromatic nitrogens is 1. The van der Waals surface area contributed by atoms with Crippen molar-refractivity contribution in [2.45, 2.75) is 53.4 Å². The topological polar surface area (TPSA) is 42.0 Å². The number of unbranched alkanes of at least 4 members (excludes halogenated alkanes) is 1. The fourth-order valence-electron chi connectivity index (χ4n) is 2.73. The second-order valence-electron chi connectivity index (χ2n) is 6.09. The molecule has 0 saturated heterocycles. The van der Waals surface area contributed by atoms with Crippen molar-refractivity contribution in [2.75, 3.05) is 5.32 Å². The molecule has 0 saturated carbocycles. The average molecular weight is 330 g/mol. The number of amides is 1. The molecule has 1 aromatic carbocycles.